The van der Waals surface area contributed by atoms with Crippen LogP contribution in [0.4, 0.5) is 0 Å². The molecule has 0 bridgehead atoms. The van der Waals surface area contributed by atoms with Crippen LogP contribution in [0.3, 0.4) is 0 Å². The second-order valence-electron chi connectivity index (χ2n) is 5.42. The smallest absolute Gasteiger partial charge is 0.269 e. The molecule has 1 atom stereocenters. The van der Waals surface area contributed by atoms with Gasteiger partial charge >= 0.3 is 0 Å². The largest absolute Gasteiger partial charge is 0.344 e. The Hall–Kier alpha value is -2.37. The predicted octanol–water partition coefficient (Wildman–Crippen LogP) is 1.17. The highest BCUT2D eigenvalue weighted by molar-refractivity contribution is 5.96. The molecule has 0 unspecified atom stereocenters. The van der Waals surface area contributed by atoms with E-state index >= 15 is 0 Å². The molecule has 0 saturated carbocycles. The van der Waals surface area contributed by atoms with Crippen molar-refractivity contribution in [3.05, 3.63) is 35.4 Å². The topological polar surface area (TPSA) is 87.3 Å². The number of hydrogen-bond acceptors (Lipinski definition) is 3. The van der Waals surface area contributed by atoms with Gasteiger partial charge in [-0.2, -0.15) is 0 Å². The highest BCUT2D eigenvalue weighted by Crippen LogP contribution is 2.05. The molecular formula is C16H23N3O3. The number of nitrogens with one attached hydrogen (secondary N) is 3. The first-order valence-electron chi connectivity index (χ1n) is 7.31. The Labute approximate surface area is 130 Å². The van der Waals surface area contributed by atoms with Gasteiger partial charge in [0, 0.05) is 12.5 Å². The Kier molecular flexibility index (Phi) is 6.56. The SMILES string of the molecule is CCc1ccc(C(=O)NNC(=O)[C@H](NC(C)=O)C(C)C)cc1. The van der Waals surface area contributed by atoms with E-state index in [0.29, 0.717) is 5.56 Å². The number of carbonyl (C=O) groups is 3. The summed E-state index contributed by atoms with van der Waals surface area (Å²) < 4.78 is 0. The average molecular weight is 305 g/mol. The molecule has 0 aliphatic heterocycles. The summed E-state index contributed by atoms with van der Waals surface area (Å²) in [7, 11) is 0. The van der Waals surface area contributed by atoms with E-state index < -0.39 is 17.9 Å². The van der Waals surface area contributed by atoms with Gasteiger partial charge in [0.2, 0.25) is 5.91 Å². The minimum atomic E-state index is -0.694. The van der Waals surface area contributed by atoms with Crippen molar-refractivity contribution in [1.29, 1.82) is 0 Å². The highest BCUT2D eigenvalue weighted by Gasteiger charge is 2.23. The quantitative estimate of drug-likeness (QED) is 0.714. The molecule has 1 aromatic rings. The Bertz CT molecular complexity index is 538. The molecule has 120 valence electrons. The molecule has 6 nitrogen and oxygen atoms in total. The zero-order chi connectivity index (χ0) is 16.7. The van der Waals surface area contributed by atoms with Gasteiger partial charge in [-0.05, 0) is 30.0 Å². The molecule has 0 saturated heterocycles. The van der Waals surface area contributed by atoms with E-state index in [4.69, 9.17) is 0 Å². The van der Waals surface area contributed by atoms with Gasteiger partial charge in [0.05, 0.1) is 0 Å². The van der Waals surface area contributed by atoms with Gasteiger partial charge in [0.15, 0.2) is 0 Å². The fourth-order valence-corrected chi connectivity index (χ4v) is 1.91. The monoisotopic (exact) mass is 305 g/mol. The van der Waals surface area contributed by atoms with E-state index in [1.165, 1.54) is 6.92 Å². The number of carbonyl (C=O) groups excluding carboxylic acids is 3. The summed E-state index contributed by atoms with van der Waals surface area (Å²) >= 11 is 0. The van der Waals surface area contributed by atoms with Gasteiger partial charge in [0.1, 0.15) is 6.04 Å². The first-order valence-corrected chi connectivity index (χ1v) is 7.31. The molecule has 0 aliphatic carbocycles. The molecule has 0 heterocycles. The third kappa shape index (κ3) is 5.20. The van der Waals surface area contributed by atoms with Crippen molar-refractivity contribution in [2.45, 2.75) is 40.2 Å². The van der Waals surface area contributed by atoms with Crippen molar-refractivity contribution in [3.8, 4) is 0 Å². The second-order valence-corrected chi connectivity index (χ2v) is 5.42. The molecule has 1 aromatic carbocycles. The lowest BCUT2D eigenvalue weighted by atomic mass is 10.0. The molecule has 22 heavy (non-hydrogen) atoms. The first kappa shape index (κ1) is 17.7. The van der Waals surface area contributed by atoms with E-state index in [9.17, 15) is 14.4 Å². The number of rotatable bonds is 5. The van der Waals surface area contributed by atoms with Crippen LogP contribution in [0.15, 0.2) is 24.3 Å². The number of aryl methyl sites for hydroxylation is 1. The van der Waals surface area contributed by atoms with E-state index in [2.05, 4.69) is 16.2 Å². The van der Waals surface area contributed by atoms with Crippen LogP contribution in [0.1, 0.15) is 43.6 Å². The predicted molar refractivity (Wildman–Crippen MR) is 83.9 cm³/mol. The normalized spacial score (nSPS) is 11.7. The maximum absolute atomic E-state index is 12.0. The standard InChI is InChI=1S/C16H23N3O3/c1-5-12-6-8-13(9-7-12)15(21)18-19-16(22)14(10(2)3)17-11(4)20/h6-10,14H,5H2,1-4H3,(H,17,20)(H,18,21)(H,19,22)/t14-/m1/s1. The molecular weight excluding hydrogens is 282 g/mol. The Morgan fingerprint density at radius 3 is 2.09 bits per heavy atom. The zero-order valence-corrected chi connectivity index (χ0v) is 13.4. The van der Waals surface area contributed by atoms with Crippen molar-refractivity contribution in [2.24, 2.45) is 5.92 Å². The van der Waals surface area contributed by atoms with Crippen LogP contribution in [0.2, 0.25) is 0 Å². The van der Waals surface area contributed by atoms with Gasteiger partial charge in [-0.25, -0.2) is 0 Å². The Morgan fingerprint density at radius 2 is 1.64 bits per heavy atom. The summed E-state index contributed by atoms with van der Waals surface area (Å²) in [4.78, 5) is 35.1. The van der Waals surface area contributed by atoms with Crippen molar-refractivity contribution in [1.82, 2.24) is 16.2 Å². The number of hydrogen-bond donors (Lipinski definition) is 3. The van der Waals surface area contributed by atoms with Gasteiger partial charge in [-0.1, -0.05) is 32.9 Å². The fraction of sp³-hybridized carbons (Fsp3) is 0.438. The lowest BCUT2D eigenvalue weighted by Crippen LogP contribution is -2.54. The van der Waals surface area contributed by atoms with Crippen molar-refractivity contribution < 1.29 is 14.4 Å². The number of amides is 3. The number of benzene rings is 1. The summed E-state index contributed by atoms with van der Waals surface area (Å²) in [6.45, 7) is 7.00. The van der Waals surface area contributed by atoms with Gasteiger partial charge in [-0.15, -0.1) is 0 Å². The van der Waals surface area contributed by atoms with Crippen LogP contribution in [-0.2, 0) is 16.0 Å². The minimum absolute atomic E-state index is 0.0929. The maximum Gasteiger partial charge on any atom is 0.269 e. The van der Waals surface area contributed by atoms with Crippen molar-refractivity contribution in [2.75, 3.05) is 0 Å². The fourth-order valence-electron chi connectivity index (χ4n) is 1.91. The third-order valence-corrected chi connectivity index (χ3v) is 3.23. The summed E-state index contributed by atoms with van der Waals surface area (Å²) in [5.74, 6) is -1.25. The summed E-state index contributed by atoms with van der Waals surface area (Å²) in [6.07, 6.45) is 0.894. The van der Waals surface area contributed by atoms with Crippen molar-refractivity contribution >= 4 is 17.7 Å². The summed E-state index contributed by atoms with van der Waals surface area (Å²) in [5.41, 5.74) is 6.29. The second kappa shape index (κ2) is 8.17. The van der Waals surface area contributed by atoms with Crippen LogP contribution in [0.25, 0.3) is 0 Å². The molecule has 3 amide bonds. The van der Waals surface area contributed by atoms with Gasteiger partial charge in [-0.3, -0.25) is 25.2 Å². The van der Waals surface area contributed by atoms with Crippen molar-refractivity contribution in [3.63, 3.8) is 0 Å². The first-order chi connectivity index (χ1) is 10.3. The molecule has 0 fully saturated rings. The highest BCUT2D eigenvalue weighted by atomic mass is 16.2. The lowest BCUT2D eigenvalue weighted by Gasteiger charge is -2.21. The molecule has 1 rings (SSSR count). The van der Waals surface area contributed by atoms with Gasteiger partial charge < -0.3 is 5.32 Å². The average Bonchev–Trinajstić information content (AvgIpc) is 2.49. The summed E-state index contributed by atoms with van der Waals surface area (Å²) in [5, 5.41) is 2.56. The zero-order valence-electron chi connectivity index (χ0n) is 13.4. The molecule has 0 aromatic heterocycles. The number of hydrazine groups is 1. The van der Waals surface area contributed by atoms with E-state index in [0.717, 1.165) is 12.0 Å². The van der Waals surface area contributed by atoms with Crippen LogP contribution in [-0.4, -0.2) is 23.8 Å². The molecule has 3 N–H and O–H groups in total. The molecule has 0 radical (unpaired) electrons. The van der Waals surface area contributed by atoms with Crippen LogP contribution in [0.5, 0.6) is 0 Å². The minimum Gasteiger partial charge on any atom is -0.344 e. The maximum atomic E-state index is 12.0. The molecule has 6 heteroatoms. The third-order valence-electron chi connectivity index (χ3n) is 3.23. The van der Waals surface area contributed by atoms with Crippen LogP contribution < -0.4 is 16.2 Å². The van der Waals surface area contributed by atoms with E-state index in [1.807, 2.05) is 32.9 Å². The van der Waals surface area contributed by atoms with E-state index in [1.54, 1.807) is 12.1 Å². The van der Waals surface area contributed by atoms with Crippen LogP contribution >= 0.6 is 0 Å². The summed E-state index contributed by atoms with van der Waals surface area (Å²) in [6, 6.07) is 6.44. The molecule has 0 spiro atoms. The molecule has 0 aliphatic rings. The van der Waals surface area contributed by atoms with E-state index in [-0.39, 0.29) is 11.8 Å². The Balaban J connectivity index is 2.60. The van der Waals surface area contributed by atoms with Gasteiger partial charge in [0.25, 0.3) is 11.8 Å². The van der Waals surface area contributed by atoms with Crippen LogP contribution in [0, 0.1) is 5.92 Å². The Morgan fingerprint density at radius 1 is 1.05 bits per heavy atom. The lowest BCUT2D eigenvalue weighted by molar-refractivity contribution is -0.129.